The van der Waals surface area contributed by atoms with Gasteiger partial charge < -0.3 is 15.1 Å². The zero-order valence-corrected chi connectivity index (χ0v) is 12.2. The molecule has 8 heteroatoms. The molecule has 1 heterocycles. The molecule has 1 fully saturated rings. The second-order valence-corrected chi connectivity index (χ2v) is 5.71. The number of carbonyl (C=O) groups is 1. The third kappa shape index (κ3) is 3.64. The number of carbonyl (C=O) groups excluding carboxylic acids is 1. The molecule has 1 unspecified atom stereocenters. The normalized spacial score (nSPS) is 18.3. The molecule has 1 aliphatic rings. The lowest BCUT2D eigenvalue weighted by atomic mass is 9.90. The standard InChI is InChI=1S/C14H15ClF3NO3/c15-9-1-2-11(20)10(7-9)13(22)19-5-3-8(4-6-19)12(21)14(16,17)18/h1-2,7-8,12,20-21H,3-6H2. The number of aromatic hydroxyl groups is 1. The Kier molecular flexibility index (Phi) is 4.87. The maximum atomic E-state index is 12.5. The number of amides is 1. The van der Waals surface area contributed by atoms with Gasteiger partial charge in [-0.2, -0.15) is 13.2 Å². The number of hydrogen-bond donors (Lipinski definition) is 2. The van der Waals surface area contributed by atoms with E-state index in [1.807, 2.05) is 0 Å². The molecule has 1 aromatic rings. The SMILES string of the molecule is O=C(c1cc(Cl)ccc1O)N1CCC(C(O)C(F)(F)F)CC1. The highest BCUT2D eigenvalue weighted by Crippen LogP contribution is 2.32. The minimum Gasteiger partial charge on any atom is -0.507 e. The van der Waals surface area contributed by atoms with Crippen LogP contribution in [0.5, 0.6) is 5.75 Å². The molecule has 4 nitrogen and oxygen atoms in total. The highest BCUT2D eigenvalue weighted by atomic mass is 35.5. The summed E-state index contributed by atoms with van der Waals surface area (Å²) in [6.45, 7) is 0.172. The average molecular weight is 338 g/mol. The number of phenols is 1. The van der Waals surface area contributed by atoms with Crippen LogP contribution in [-0.4, -0.2) is 46.4 Å². The summed E-state index contributed by atoms with van der Waals surface area (Å²) in [7, 11) is 0. The summed E-state index contributed by atoms with van der Waals surface area (Å²) in [5.41, 5.74) is 0.0160. The molecule has 1 saturated heterocycles. The van der Waals surface area contributed by atoms with E-state index in [9.17, 15) is 28.2 Å². The quantitative estimate of drug-likeness (QED) is 0.872. The van der Waals surface area contributed by atoms with E-state index in [0.717, 1.165) is 0 Å². The third-order valence-corrected chi connectivity index (χ3v) is 4.03. The molecule has 1 aliphatic heterocycles. The number of nitrogens with zero attached hydrogens (tertiary/aromatic N) is 1. The lowest BCUT2D eigenvalue weighted by Gasteiger charge is -2.34. The van der Waals surface area contributed by atoms with Crippen LogP contribution in [0.4, 0.5) is 13.2 Å². The Labute approximate surface area is 130 Å². The van der Waals surface area contributed by atoms with Crippen molar-refractivity contribution >= 4 is 17.5 Å². The maximum Gasteiger partial charge on any atom is 0.414 e. The molecule has 0 spiro atoms. The third-order valence-electron chi connectivity index (χ3n) is 3.80. The van der Waals surface area contributed by atoms with Gasteiger partial charge in [0.2, 0.25) is 0 Å². The molecular weight excluding hydrogens is 323 g/mol. The second-order valence-electron chi connectivity index (χ2n) is 5.28. The van der Waals surface area contributed by atoms with Crippen LogP contribution in [0.15, 0.2) is 18.2 Å². The maximum absolute atomic E-state index is 12.5. The van der Waals surface area contributed by atoms with Crippen molar-refractivity contribution in [1.82, 2.24) is 4.90 Å². The van der Waals surface area contributed by atoms with Gasteiger partial charge in [-0.05, 0) is 37.0 Å². The summed E-state index contributed by atoms with van der Waals surface area (Å²) in [5.74, 6) is -1.64. The van der Waals surface area contributed by atoms with Crippen LogP contribution in [0.3, 0.4) is 0 Å². The van der Waals surface area contributed by atoms with Gasteiger partial charge in [-0.3, -0.25) is 4.79 Å². The topological polar surface area (TPSA) is 60.8 Å². The van der Waals surface area contributed by atoms with Crippen molar-refractivity contribution in [1.29, 1.82) is 0 Å². The van der Waals surface area contributed by atoms with E-state index in [-0.39, 0.29) is 42.3 Å². The molecule has 1 aromatic carbocycles. The van der Waals surface area contributed by atoms with E-state index in [2.05, 4.69) is 0 Å². The van der Waals surface area contributed by atoms with Gasteiger partial charge in [0.05, 0.1) is 5.56 Å². The fourth-order valence-corrected chi connectivity index (χ4v) is 2.71. The van der Waals surface area contributed by atoms with Gasteiger partial charge >= 0.3 is 6.18 Å². The van der Waals surface area contributed by atoms with Gasteiger partial charge in [0.1, 0.15) is 5.75 Å². The number of aliphatic hydroxyl groups excluding tert-OH is 1. The van der Waals surface area contributed by atoms with Crippen molar-refractivity contribution in [3.05, 3.63) is 28.8 Å². The van der Waals surface area contributed by atoms with Crippen LogP contribution in [0.25, 0.3) is 0 Å². The van der Waals surface area contributed by atoms with E-state index in [0.29, 0.717) is 0 Å². The molecule has 1 amide bonds. The van der Waals surface area contributed by atoms with Gasteiger partial charge in [0, 0.05) is 18.1 Å². The lowest BCUT2D eigenvalue weighted by Crippen LogP contribution is -2.45. The molecule has 2 N–H and O–H groups in total. The summed E-state index contributed by atoms with van der Waals surface area (Å²) < 4.78 is 37.4. The van der Waals surface area contributed by atoms with Crippen molar-refractivity contribution in [2.24, 2.45) is 5.92 Å². The first-order valence-corrected chi connectivity index (χ1v) is 7.10. The Morgan fingerprint density at radius 2 is 1.91 bits per heavy atom. The Morgan fingerprint density at radius 3 is 2.45 bits per heavy atom. The first-order valence-electron chi connectivity index (χ1n) is 6.72. The summed E-state index contributed by atoms with van der Waals surface area (Å²) in [6.07, 6.45) is -6.92. The Morgan fingerprint density at radius 1 is 1.32 bits per heavy atom. The molecule has 22 heavy (non-hydrogen) atoms. The predicted octanol–water partition coefficient (Wildman–Crippen LogP) is 2.82. The van der Waals surface area contributed by atoms with Crippen LogP contribution < -0.4 is 0 Å². The highest BCUT2D eigenvalue weighted by Gasteiger charge is 2.44. The highest BCUT2D eigenvalue weighted by molar-refractivity contribution is 6.31. The minimum atomic E-state index is -4.65. The summed E-state index contributed by atoms with van der Waals surface area (Å²) >= 11 is 5.77. The van der Waals surface area contributed by atoms with Gasteiger partial charge in [-0.15, -0.1) is 0 Å². The molecule has 0 aromatic heterocycles. The number of piperidine rings is 1. The van der Waals surface area contributed by atoms with Gasteiger partial charge in [0.15, 0.2) is 6.10 Å². The Hall–Kier alpha value is -1.47. The van der Waals surface area contributed by atoms with Crippen molar-refractivity contribution in [2.75, 3.05) is 13.1 Å². The van der Waals surface area contributed by atoms with E-state index >= 15 is 0 Å². The largest absolute Gasteiger partial charge is 0.507 e. The Balaban J connectivity index is 2.02. The fraction of sp³-hybridized carbons (Fsp3) is 0.500. The monoisotopic (exact) mass is 337 g/mol. The van der Waals surface area contributed by atoms with Gasteiger partial charge in [-0.25, -0.2) is 0 Å². The Bertz CT molecular complexity index is 557. The van der Waals surface area contributed by atoms with Crippen molar-refractivity contribution in [3.8, 4) is 5.75 Å². The average Bonchev–Trinajstić information content (AvgIpc) is 2.47. The van der Waals surface area contributed by atoms with E-state index < -0.39 is 24.1 Å². The fourth-order valence-electron chi connectivity index (χ4n) is 2.54. The van der Waals surface area contributed by atoms with Crippen LogP contribution in [-0.2, 0) is 0 Å². The number of hydrogen-bond acceptors (Lipinski definition) is 3. The summed E-state index contributed by atoms with van der Waals surface area (Å²) in [6, 6.07) is 4.03. The van der Waals surface area contributed by atoms with E-state index in [4.69, 9.17) is 11.6 Å². The van der Waals surface area contributed by atoms with Crippen LogP contribution >= 0.6 is 11.6 Å². The van der Waals surface area contributed by atoms with Crippen molar-refractivity contribution in [3.63, 3.8) is 0 Å². The smallest absolute Gasteiger partial charge is 0.414 e. The number of alkyl halides is 3. The number of aliphatic hydroxyl groups is 1. The number of halogens is 4. The van der Waals surface area contributed by atoms with Crippen LogP contribution in [0.1, 0.15) is 23.2 Å². The van der Waals surface area contributed by atoms with E-state index in [1.54, 1.807) is 0 Å². The van der Waals surface area contributed by atoms with E-state index in [1.165, 1.54) is 23.1 Å². The summed E-state index contributed by atoms with van der Waals surface area (Å²) in [4.78, 5) is 13.6. The molecular formula is C14H15ClF3NO3. The molecule has 2 rings (SSSR count). The summed E-state index contributed by atoms with van der Waals surface area (Å²) in [5, 5.41) is 19.2. The number of likely N-dealkylation sites (tertiary alicyclic amines) is 1. The first kappa shape index (κ1) is 16.9. The molecule has 0 saturated carbocycles. The number of phenolic OH excluding ortho intramolecular Hbond substituents is 1. The zero-order chi connectivity index (χ0) is 16.5. The van der Waals surface area contributed by atoms with Gasteiger partial charge in [0.25, 0.3) is 5.91 Å². The molecule has 122 valence electrons. The van der Waals surface area contributed by atoms with Crippen LogP contribution in [0, 0.1) is 5.92 Å². The molecule has 0 bridgehead atoms. The molecule has 1 atom stereocenters. The predicted molar refractivity (Wildman–Crippen MR) is 73.8 cm³/mol. The van der Waals surface area contributed by atoms with Crippen LogP contribution in [0.2, 0.25) is 5.02 Å². The van der Waals surface area contributed by atoms with Crippen molar-refractivity contribution < 1.29 is 28.2 Å². The minimum absolute atomic E-state index is 0.0160. The zero-order valence-electron chi connectivity index (χ0n) is 11.5. The van der Waals surface area contributed by atoms with Crippen molar-refractivity contribution in [2.45, 2.75) is 25.1 Å². The lowest BCUT2D eigenvalue weighted by molar-refractivity contribution is -0.222. The number of rotatable bonds is 2. The molecule has 0 radical (unpaired) electrons. The molecule has 0 aliphatic carbocycles. The number of benzene rings is 1. The van der Waals surface area contributed by atoms with Gasteiger partial charge in [-0.1, -0.05) is 11.6 Å². The first-order chi connectivity index (χ1) is 10.2. The second kappa shape index (κ2) is 6.34.